The summed E-state index contributed by atoms with van der Waals surface area (Å²) in [5.41, 5.74) is 1.23. The summed E-state index contributed by atoms with van der Waals surface area (Å²) in [7, 11) is 1.66. The van der Waals surface area contributed by atoms with Crippen molar-refractivity contribution in [3.05, 3.63) is 28.8 Å². The van der Waals surface area contributed by atoms with Crippen molar-refractivity contribution >= 4 is 11.6 Å². The molecule has 1 aliphatic heterocycles. The van der Waals surface area contributed by atoms with Gasteiger partial charge in [-0.25, -0.2) is 0 Å². The number of methoxy groups -OCH3 is 1. The van der Waals surface area contributed by atoms with Crippen LogP contribution in [0.4, 0.5) is 0 Å². The Morgan fingerprint density at radius 1 is 1.43 bits per heavy atom. The summed E-state index contributed by atoms with van der Waals surface area (Å²) in [5.74, 6) is 0.834. The first-order chi connectivity index (χ1) is 6.79. The Morgan fingerprint density at radius 2 is 2.29 bits per heavy atom. The molecule has 1 aliphatic rings. The van der Waals surface area contributed by atoms with Crippen LogP contribution in [0.25, 0.3) is 0 Å². The van der Waals surface area contributed by atoms with Gasteiger partial charge in [0.25, 0.3) is 0 Å². The van der Waals surface area contributed by atoms with Crippen molar-refractivity contribution < 1.29 is 4.74 Å². The lowest BCUT2D eigenvalue weighted by atomic mass is 10.1. The largest absolute Gasteiger partial charge is 0.497 e. The van der Waals surface area contributed by atoms with Gasteiger partial charge in [0.2, 0.25) is 0 Å². The molecule has 2 rings (SSSR count). The second-order valence-electron chi connectivity index (χ2n) is 3.57. The van der Waals surface area contributed by atoms with Gasteiger partial charge in [-0.1, -0.05) is 11.6 Å². The molecule has 3 heteroatoms. The molecule has 0 amide bonds. The summed E-state index contributed by atoms with van der Waals surface area (Å²) in [6.45, 7) is 1.10. The topological polar surface area (TPSA) is 21.3 Å². The summed E-state index contributed by atoms with van der Waals surface area (Å²) in [6, 6.07) is 6.34. The number of nitrogens with one attached hydrogen (secondary N) is 1. The van der Waals surface area contributed by atoms with E-state index in [0.717, 1.165) is 17.3 Å². The highest BCUT2D eigenvalue weighted by molar-refractivity contribution is 6.30. The first kappa shape index (κ1) is 9.81. The number of halogens is 1. The van der Waals surface area contributed by atoms with Gasteiger partial charge in [-0.15, -0.1) is 0 Å². The molecule has 1 aromatic rings. The minimum Gasteiger partial charge on any atom is -0.497 e. The minimum atomic E-state index is 0.447. The van der Waals surface area contributed by atoms with E-state index in [9.17, 15) is 0 Å². The van der Waals surface area contributed by atoms with Gasteiger partial charge in [0.15, 0.2) is 0 Å². The number of ether oxygens (including phenoxy) is 1. The fraction of sp³-hybridized carbons (Fsp3) is 0.455. The number of benzene rings is 1. The summed E-state index contributed by atoms with van der Waals surface area (Å²) < 4.78 is 5.18. The number of hydrogen-bond donors (Lipinski definition) is 1. The van der Waals surface area contributed by atoms with Gasteiger partial charge in [-0.05, 0) is 43.1 Å². The quantitative estimate of drug-likeness (QED) is 0.813. The number of rotatable bonds is 2. The van der Waals surface area contributed by atoms with Gasteiger partial charge in [0, 0.05) is 11.1 Å². The molecule has 1 fully saturated rings. The molecule has 1 saturated heterocycles. The summed E-state index contributed by atoms with van der Waals surface area (Å²) >= 11 is 6.00. The average molecular weight is 212 g/mol. The Balaban J connectivity index is 2.27. The van der Waals surface area contributed by atoms with Crippen LogP contribution in [-0.4, -0.2) is 13.7 Å². The van der Waals surface area contributed by atoms with E-state index in [-0.39, 0.29) is 0 Å². The third-order valence-corrected chi connectivity index (χ3v) is 2.81. The Morgan fingerprint density at radius 3 is 2.93 bits per heavy atom. The average Bonchev–Trinajstić information content (AvgIpc) is 2.69. The first-order valence-corrected chi connectivity index (χ1v) is 5.25. The summed E-state index contributed by atoms with van der Waals surface area (Å²) in [4.78, 5) is 0. The van der Waals surface area contributed by atoms with Crippen LogP contribution in [0, 0.1) is 0 Å². The third kappa shape index (κ3) is 2.02. The molecule has 0 spiro atoms. The second kappa shape index (κ2) is 4.20. The molecule has 0 bridgehead atoms. The standard InChI is InChI=1S/C11H14ClNO/c1-14-10-6-8(5-9(12)7-10)11-3-2-4-13-11/h5-7,11,13H,2-4H2,1H3/t11-/m0/s1. The second-order valence-corrected chi connectivity index (χ2v) is 4.01. The fourth-order valence-electron chi connectivity index (χ4n) is 1.87. The predicted octanol–water partition coefficient (Wildman–Crippen LogP) is 2.77. The zero-order chi connectivity index (χ0) is 9.97. The summed E-state index contributed by atoms with van der Waals surface area (Å²) in [5, 5.41) is 4.18. The van der Waals surface area contributed by atoms with Crippen LogP contribution in [0.15, 0.2) is 18.2 Å². The maximum atomic E-state index is 6.00. The minimum absolute atomic E-state index is 0.447. The van der Waals surface area contributed by atoms with E-state index in [1.807, 2.05) is 12.1 Å². The molecule has 1 N–H and O–H groups in total. The molecule has 0 aromatic heterocycles. The van der Waals surface area contributed by atoms with Crippen molar-refractivity contribution in [3.8, 4) is 5.75 Å². The Bertz CT molecular complexity index is 321. The third-order valence-electron chi connectivity index (χ3n) is 2.59. The molecule has 2 nitrogen and oxygen atoms in total. The van der Waals surface area contributed by atoms with Crippen LogP contribution in [0.1, 0.15) is 24.4 Å². The van der Waals surface area contributed by atoms with Gasteiger partial charge < -0.3 is 10.1 Å². The molecule has 0 unspecified atom stereocenters. The van der Waals surface area contributed by atoms with E-state index >= 15 is 0 Å². The lowest BCUT2D eigenvalue weighted by molar-refractivity contribution is 0.413. The molecular formula is C11H14ClNO. The van der Waals surface area contributed by atoms with Crippen LogP contribution < -0.4 is 10.1 Å². The van der Waals surface area contributed by atoms with E-state index < -0.39 is 0 Å². The fourth-order valence-corrected chi connectivity index (χ4v) is 2.11. The van der Waals surface area contributed by atoms with Gasteiger partial charge in [-0.2, -0.15) is 0 Å². The van der Waals surface area contributed by atoms with E-state index in [1.165, 1.54) is 18.4 Å². The van der Waals surface area contributed by atoms with E-state index in [2.05, 4.69) is 11.4 Å². The number of hydrogen-bond acceptors (Lipinski definition) is 2. The van der Waals surface area contributed by atoms with Gasteiger partial charge >= 0.3 is 0 Å². The van der Waals surface area contributed by atoms with E-state index in [0.29, 0.717) is 6.04 Å². The van der Waals surface area contributed by atoms with Gasteiger partial charge in [0.1, 0.15) is 5.75 Å². The Kier molecular flexibility index (Phi) is 2.94. The molecule has 0 radical (unpaired) electrons. The van der Waals surface area contributed by atoms with Crippen LogP contribution in [0.3, 0.4) is 0 Å². The van der Waals surface area contributed by atoms with Crippen molar-refractivity contribution in [2.75, 3.05) is 13.7 Å². The van der Waals surface area contributed by atoms with E-state index in [4.69, 9.17) is 16.3 Å². The van der Waals surface area contributed by atoms with Crippen molar-refractivity contribution in [2.24, 2.45) is 0 Å². The van der Waals surface area contributed by atoms with Crippen molar-refractivity contribution in [2.45, 2.75) is 18.9 Å². The molecule has 0 saturated carbocycles. The lowest BCUT2D eigenvalue weighted by Gasteiger charge is -2.12. The predicted molar refractivity (Wildman–Crippen MR) is 58.0 cm³/mol. The highest BCUT2D eigenvalue weighted by atomic mass is 35.5. The maximum absolute atomic E-state index is 6.00. The molecule has 76 valence electrons. The first-order valence-electron chi connectivity index (χ1n) is 4.87. The van der Waals surface area contributed by atoms with E-state index in [1.54, 1.807) is 7.11 Å². The van der Waals surface area contributed by atoms with Gasteiger partial charge in [0.05, 0.1) is 7.11 Å². The molecular weight excluding hydrogens is 198 g/mol. The highest BCUT2D eigenvalue weighted by Crippen LogP contribution is 2.29. The van der Waals surface area contributed by atoms with Crippen LogP contribution in [-0.2, 0) is 0 Å². The Hall–Kier alpha value is -0.730. The lowest BCUT2D eigenvalue weighted by Crippen LogP contribution is -2.12. The van der Waals surface area contributed by atoms with Crippen molar-refractivity contribution in [1.82, 2.24) is 5.32 Å². The normalized spacial score (nSPS) is 21.1. The zero-order valence-electron chi connectivity index (χ0n) is 8.22. The molecule has 14 heavy (non-hydrogen) atoms. The maximum Gasteiger partial charge on any atom is 0.120 e. The van der Waals surface area contributed by atoms with Crippen molar-refractivity contribution in [3.63, 3.8) is 0 Å². The molecule has 0 aliphatic carbocycles. The zero-order valence-corrected chi connectivity index (χ0v) is 8.97. The SMILES string of the molecule is COc1cc(Cl)cc([C@@H]2CCCN2)c1. The molecule has 1 atom stereocenters. The van der Waals surface area contributed by atoms with Crippen LogP contribution >= 0.6 is 11.6 Å². The monoisotopic (exact) mass is 211 g/mol. The van der Waals surface area contributed by atoms with Crippen LogP contribution in [0.2, 0.25) is 5.02 Å². The Labute approximate surface area is 89.2 Å². The summed E-state index contributed by atoms with van der Waals surface area (Å²) in [6.07, 6.45) is 2.42. The highest BCUT2D eigenvalue weighted by Gasteiger charge is 2.16. The molecule has 1 heterocycles. The van der Waals surface area contributed by atoms with Crippen LogP contribution in [0.5, 0.6) is 5.75 Å². The molecule has 1 aromatic carbocycles. The smallest absolute Gasteiger partial charge is 0.120 e. The van der Waals surface area contributed by atoms with Gasteiger partial charge in [-0.3, -0.25) is 0 Å². The van der Waals surface area contributed by atoms with Crippen molar-refractivity contribution in [1.29, 1.82) is 0 Å².